The van der Waals surface area contributed by atoms with Gasteiger partial charge in [-0.05, 0) is 54.3 Å². The van der Waals surface area contributed by atoms with Crippen molar-refractivity contribution in [2.45, 2.75) is 13.8 Å². The maximum Gasteiger partial charge on any atom is 0.239 e. The summed E-state index contributed by atoms with van der Waals surface area (Å²) in [5.74, 6) is -0.0897. The maximum atomic E-state index is 13.0. The van der Waals surface area contributed by atoms with Crippen LogP contribution in [0.1, 0.15) is 16.0 Å². The third-order valence-electron chi connectivity index (χ3n) is 3.63. The van der Waals surface area contributed by atoms with Crippen molar-refractivity contribution in [1.82, 2.24) is 0 Å². The summed E-state index contributed by atoms with van der Waals surface area (Å²) in [5, 5.41) is 18.1. The number of rotatable bonds is 4. The molecular formula is C20H18N2OS2. The molecule has 0 atom stereocenters. The average Bonchev–Trinajstić information content (AvgIpc) is 3.09. The Bertz CT molecular complexity index is 896. The van der Waals surface area contributed by atoms with Crippen molar-refractivity contribution >= 4 is 45.7 Å². The van der Waals surface area contributed by atoms with Gasteiger partial charge < -0.3 is 10.4 Å². The second-order valence-corrected chi connectivity index (χ2v) is 7.12. The van der Waals surface area contributed by atoms with Gasteiger partial charge in [0.1, 0.15) is 0 Å². The summed E-state index contributed by atoms with van der Waals surface area (Å²) < 4.78 is 1.76. The van der Waals surface area contributed by atoms with Gasteiger partial charge in [-0.1, -0.05) is 30.4 Å². The van der Waals surface area contributed by atoms with E-state index < -0.39 is 0 Å². The van der Waals surface area contributed by atoms with E-state index in [1.54, 1.807) is 4.57 Å². The summed E-state index contributed by atoms with van der Waals surface area (Å²) in [6.07, 6.45) is 3.66. The highest BCUT2D eigenvalue weighted by molar-refractivity contribution is 7.81. The van der Waals surface area contributed by atoms with Gasteiger partial charge in [-0.2, -0.15) is 4.57 Å². The van der Waals surface area contributed by atoms with Crippen molar-refractivity contribution in [3.05, 3.63) is 82.3 Å². The molecule has 0 amide bonds. The standard InChI is InChI=1S/C20H18N2OS2/c1-14-11-15(2)13-16(12-14)21-20(24)18(22-8-4-3-5-9-22)19(23)17-7-6-10-25-17/h3-13H,1-2H3,(H-,21,23,24). The van der Waals surface area contributed by atoms with E-state index in [4.69, 9.17) is 12.2 Å². The molecule has 3 nitrogen and oxygen atoms in total. The highest BCUT2D eigenvalue weighted by Crippen LogP contribution is 2.21. The summed E-state index contributed by atoms with van der Waals surface area (Å²) in [7, 11) is 0. The lowest BCUT2D eigenvalue weighted by atomic mass is 10.1. The molecule has 0 bridgehead atoms. The van der Waals surface area contributed by atoms with E-state index in [1.807, 2.05) is 74.1 Å². The molecule has 2 heterocycles. The van der Waals surface area contributed by atoms with Gasteiger partial charge >= 0.3 is 0 Å². The number of thiocarbonyl (C=S) groups is 1. The lowest BCUT2D eigenvalue weighted by molar-refractivity contribution is -0.577. The first-order valence-electron chi connectivity index (χ1n) is 7.86. The molecule has 2 aromatic heterocycles. The number of hydrogen-bond donors (Lipinski definition) is 1. The summed E-state index contributed by atoms with van der Waals surface area (Å²) in [6.45, 7) is 4.07. The van der Waals surface area contributed by atoms with Crippen molar-refractivity contribution in [2.24, 2.45) is 0 Å². The fourth-order valence-corrected chi connectivity index (χ4v) is 3.63. The minimum Gasteiger partial charge on any atom is -0.867 e. The molecule has 5 heteroatoms. The topological polar surface area (TPSA) is 39.0 Å². The first-order chi connectivity index (χ1) is 12.0. The first kappa shape index (κ1) is 17.3. The highest BCUT2D eigenvalue weighted by Gasteiger charge is 2.19. The molecule has 0 aliphatic rings. The molecule has 0 spiro atoms. The highest BCUT2D eigenvalue weighted by atomic mass is 32.1. The van der Waals surface area contributed by atoms with Crippen molar-refractivity contribution < 1.29 is 9.67 Å². The Labute approximate surface area is 156 Å². The molecule has 0 aliphatic heterocycles. The van der Waals surface area contributed by atoms with Crippen LogP contribution >= 0.6 is 23.6 Å². The van der Waals surface area contributed by atoms with Crippen LogP contribution in [0.25, 0.3) is 11.5 Å². The van der Waals surface area contributed by atoms with Crippen LogP contribution in [-0.4, -0.2) is 4.99 Å². The third kappa shape index (κ3) is 4.13. The van der Waals surface area contributed by atoms with E-state index in [1.165, 1.54) is 11.3 Å². The lowest BCUT2D eigenvalue weighted by Crippen LogP contribution is -2.39. The summed E-state index contributed by atoms with van der Waals surface area (Å²) in [5.41, 5.74) is 3.61. The average molecular weight is 367 g/mol. The van der Waals surface area contributed by atoms with Gasteiger partial charge in [-0.3, -0.25) is 0 Å². The van der Waals surface area contributed by atoms with E-state index in [-0.39, 0.29) is 5.76 Å². The number of anilines is 1. The van der Waals surface area contributed by atoms with E-state index >= 15 is 0 Å². The molecule has 3 aromatic rings. The minimum absolute atomic E-state index is 0.0897. The molecule has 3 rings (SSSR count). The van der Waals surface area contributed by atoms with Crippen molar-refractivity contribution in [3.8, 4) is 0 Å². The molecule has 0 saturated heterocycles. The van der Waals surface area contributed by atoms with Crippen LogP contribution in [0.3, 0.4) is 0 Å². The Morgan fingerprint density at radius 3 is 2.32 bits per heavy atom. The third-order valence-corrected chi connectivity index (χ3v) is 4.79. The second-order valence-electron chi connectivity index (χ2n) is 5.77. The first-order valence-corrected chi connectivity index (χ1v) is 9.15. The van der Waals surface area contributed by atoms with Crippen LogP contribution in [0.5, 0.6) is 0 Å². The van der Waals surface area contributed by atoms with Gasteiger partial charge in [0.25, 0.3) is 0 Å². The summed E-state index contributed by atoms with van der Waals surface area (Å²) >= 11 is 7.00. The zero-order valence-electron chi connectivity index (χ0n) is 14.0. The van der Waals surface area contributed by atoms with Crippen LogP contribution in [0.2, 0.25) is 0 Å². The molecule has 0 unspecified atom stereocenters. The fraction of sp³-hybridized carbons (Fsp3) is 0.100. The number of hydrogen-bond acceptors (Lipinski definition) is 3. The molecule has 126 valence electrons. The monoisotopic (exact) mass is 366 g/mol. The maximum absolute atomic E-state index is 13.0. The van der Waals surface area contributed by atoms with Gasteiger partial charge in [0, 0.05) is 22.7 Å². The molecule has 1 aromatic carbocycles. The molecule has 0 radical (unpaired) electrons. The lowest BCUT2D eigenvalue weighted by Gasteiger charge is -2.16. The van der Waals surface area contributed by atoms with E-state index in [0.717, 1.165) is 16.8 Å². The quantitative estimate of drug-likeness (QED) is 0.331. The largest absolute Gasteiger partial charge is 0.867 e. The van der Waals surface area contributed by atoms with Crippen LogP contribution in [0.15, 0.2) is 66.3 Å². The minimum atomic E-state index is -0.0897. The van der Waals surface area contributed by atoms with Crippen molar-refractivity contribution in [1.29, 1.82) is 0 Å². The SMILES string of the molecule is Cc1cc(C)cc(NC(=S)C(=C([O-])c2cccs2)[n+]2ccccc2)c1. The Hall–Kier alpha value is -2.50. The van der Waals surface area contributed by atoms with Gasteiger partial charge in [0.2, 0.25) is 5.70 Å². The number of pyridine rings is 1. The van der Waals surface area contributed by atoms with E-state index in [0.29, 0.717) is 15.6 Å². The van der Waals surface area contributed by atoms with Gasteiger partial charge in [0.15, 0.2) is 17.4 Å². The second kappa shape index (κ2) is 7.59. The number of benzene rings is 1. The Morgan fingerprint density at radius 1 is 1.04 bits per heavy atom. The fourth-order valence-electron chi connectivity index (χ4n) is 2.65. The van der Waals surface area contributed by atoms with Crippen LogP contribution in [0, 0.1) is 13.8 Å². The molecule has 0 fully saturated rings. The normalized spacial score (nSPS) is 11.8. The number of aryl methyl sites for hydroxylation is 2. The Morgan fingerprint density at radius 2 is 1.72 bits per heavy atom. The zero-order chi connectivity index (χ0) is 17.8. The molecular weight excluding hydrogens is 348 g/mol. The van der Waals surface area contributed by atoms with Crippen molar-refractivity contribution in [3.63, 3.8) is 0 Å². The Balaban J connectivity index is 2.03. The number of aromatic nitrogens is 1. The molecule has 0 aliphatic carbocycles. The smallest absolute Gasteiger partial charge is 0.239 e. The summed E-state index contributed by atoms with van der Waals surface area (Å²) in [4.78, 5) is 1.07. The predicted octanol–water partition coefficient (Wildman–Crippen LogP) is 3.78. The van der Waals surface area contributed by atoms with Crippen molar-refractivity contribution in [2.75, 3.05) is 5.32 Å². The summed E-state index contributed by atoms with van der Waals surface area (Å²) in [6, 6.07) is 15.5. The predicted molar refractivity (Wildman–Crippen MR) is 106 cm³/mol. The van der Waals surface area contributed by atoms with E-state index in [2.05, 4.69) is 11.4 Å². The number of nitrogens with zero attached hydrogens (tertiary/aromatic N) is 1. The number of thiophene rings is 1. The molecule has 25 heavy (non-hydrogen) atoms. The van der Waals surface area contributed by atoms with E-state index in [9.17, 15) is 5.11 Å². The zero-order valence-corrected chi connectivity index (χ0v) is 15.7. The Kier molecular flexibility index (Phi) is 5.26. The van der Waals surface area contributed by atoms with Crippen LogP contribution in [-0.2, 0) is 0 Å². The van der Waals surface area contributed by atoms with Gasteiger partial charge in [-0.15, -0.1) is 11.3 Å². The van der Waals surface area contributed by atoms with Crippen LogP contribution < -0.4 is 15.0 Å². The van der Waals surface area contributed by atoms with Gasteiger partial charge in [0.05, 0.1) is 0 Å². The van der Waals surface area contributed by atoms with Crippen LogP contribution in [0.4, 0.5) is 5.69 Å². The molecule has 0 saturated carbocycles. The van der Waals surface area contributed by atoms with Gasteiger partial charge in [-0.25, -0.2) is 0 Å². The molecule has 1 N–H and O–H groups in total. The number of nitrogens with one attached hydrogen (secondary N) is 1.